The molecule has 0 saturated carbocycles. The van der Waals surface area contributed by atoms with Crippen LogP contribution in [0.2, 0.25) is 0 Å². The summed E-state index contributed by atoms with van der Waals surface area (Å²) in [6.45, 7) is 0. The Labute approximate surface area is 122 Å². The van der Waals surface area contributed by atoms with E-state index in [1.807, 2.05) is 54.6 Å². The van der Waals surface area contributed by atoms with Gasteiger partial charge in [0.15, 0.2) is 18.0 Å². The minimum Gasteiger partial charge on any atom is -0.444 e. The van der Waals surface area contributed by atoms with Gasteiger partial charge in [0.2, 0.25) is 0 Å². The number of hydrazone groups is 1. The Morgan fingerprint density at radius 3 is 2.48 bits per heavy atom. The molecule has 3 rings (SSSR count). The molecule has 0 atom stereocenters. The summed E-state index contributed by atoms with van der Waals surface area (Å²) in [4.78, 5) is 3.89. The third-order valence-electron chi connectivity index (χ3n) is 2.98. The maximum absolute atomic E-state index is 5.91. The molecule has 0 aliphatic rings. The summed E-state index contributed by atoms with van der Waals surface area (Å²) >= 11 is 0. The lowest BCUT2D eigenvalue weighted by Gasteiger charge is -2.04. The van der Waals surface area contributed by atoms with Gasteiger partial charge in [-0.2, -0.15) is 5.10 Å². The molecule has 3 N–H and O–H groups in total. The fourth-order valence-electron chi connectivity index (χ4n) is 1.87. The molecule has 104 valence electrons. The van der Waals surface area contributed by atoms with E-state index in [4.69, 9.17) is 10.2 Å². The van der Waals surface area contributed by atoms with Crippen molar-refractivity contribution in [3.63, 3.8) is 0 Å². The number of nitrogens with one attached hydrogen (secondary N) is 1. The van der Waals surface area contributed by atoms with Gasteiger partial charge in [0.05, 0.1) is 11.9 Å². The van der Waals surface area contributed by atoms with Crippen molar-refractivity contribution in [2.45, 2.75) is 0 Å². The Kier molecular flexibility index (Phi) is 3.64. The summed E-state index contributed by atoms with van der Waals surface area (Å²) in [6, 6.07) is 17.3. The molecule has 0 aliphatic heterocycles. The smallest absolute Gasteiger partial charge is 0.181 e. The van der Waals surface area contributed by atoms with Crippen molar-refractivity contribution < 1.29 is 4.42 Å². The van der Waals surface area contributed by atoms with Crippen LogP contribution in [0.1, 0.15) is 5.56 Å². The molecule has 0 aliphatic carbocycles. The summed E-state index contributed by atoms with van der Waals surface area (Å²) in [5, 5.41) is 4.17. The molecule has 5 heteroatoms. The van der Waals surface area contributed by atoms with E-state index in [-0.39, 0.29) is 0 Å². The van der Waals surface area contributed by atoms with Crippen molar-refractivity contribution in [3.05, 3.63) is 72.8 Å². The second-order valence-corrected chi connectivity index (χ2v) is 4.42. The first-order chi connectivity index (χ1) is 10.3. The molecule has 21 heavy (non-hydrogen) atoms. The number of nitrogens with zero attached hydrogens (tertiary/aromatic N) is 2. The second kappa shape index (κ2) is 5.92. The molecular formula is C16H14N4O. The predicted octanol–water partition coefficient (Wildman–Crippen LogP) is 3.07. The van der Waals surface area contributed by atoms with E-state index in [1.165, 1.54) is 6.39 Å². The Bertz CT molecular complexity index is 719. The Balaban J connectivity index is 1.71. The van der Waals surface area contributed by atoms with Gasteiger partial charge in [0.1, 0.15) is 0 Å². The van der Waals surface area contributed by atoms with Crippen LogP contribution in [-0.4, -0.2) is 10.8 Å². The van der Waals surface area contributed by atoms with Crippen LogP contribution in [0.15, 0.2) is 76.7 Å². The van der Waals surface area contributed by atoms with E-state index in [0.29, 0.717) is 5.84 Å². The minimum atomic E-state index is 0.440. The van der Waals surface area contributed by atoms with Crippen LogP contribution in [0.3, 0.4) is 0 Å². The number of hydrogen-bond acceptors (Lipinski definition) is 4. The quantitative estimate of drug-likeness (QED) is 0.437. The summed E-state index contributed by atoms with van der Waals surface area (Å²) in [6.07, 6.45) is 3.08. The normalized spacial score (nSPS) is 11.3. The SMILES string of the molecule is N/C(=N\Nc1ccc(-c2cnco2)cc1)c1ccccc1. The van der Waals surface area contributed by atoms with Crippen LogP contribution in [0.25, 0.3) is 11.3 Å². The van der Waals surface area contributed by atoms with Crippen LogP contribution in [0.4, 0.5) is 5.69 Å². The molecule has 0 bridgehead atoms. The zero-order valence-electron chi connectivity index (χ0n) is 11.2. The standard InChI is InChI=1S/C16H14N4O/c17-16(13-4-2-1-3-5-13)20-19-14-8-6-12(7-9-14)15-10-18-11-21-15/h1-11,19H,(H2,17,20). The fourth-order valence-corrected chi connectivity index (χ4v) is 1.87. The number of benzene rings is 2. The Hall–Kier alpha value is -3.08. The van der Waals surface area contributed by atoms with Crippen molar-refractivity contribution in [1.82, 2.24) is 4.98 Å². The minimum absolute atomic E-state index is 0.440. The number of aromatic nitrogens is 1. The molecular weight excluding hydrogens is 264 g/mol. The first kappa shape index (κ1) is 12.9. The maximum atomic E-state index is 5.91. The molecule has 0 radical (unpaired) electrons. The molecule has 2 aromatic carbocycles. The fraction of sp³-hybridized carbons (Fsp3) is 0. The summed E-state index contributed by atoms with van der Waals surface area (Å²) in [5.41, 5.74) is 11.5. The molecule has 1 aromatic heterocycles. The lowest BCUT2D eigenvalue weighted by atomic mass is 10.2. The molecule has 0 spiro atoms. The second-order valence-electron chi connectivity index (χ2n) is 4.42. The topological polar surface area (TPSA) is 76.4 Å². The van der Waals surface area contributed by atoms with Crippen molar-refractivity contribution in [3.8, 4) is 11.3 Å². The van der Waals surface area contributed by atoms with E-state index in [2.05, 4.69) is 15.5 Å². The largest absolute Gasteiger partial charge is 0.444 e. The van der Waals surface area contributed by atoms with Gasteiger partial charge >= 0.3 is 0 Å². The van der Waals surface area contributed by atoms with Crippen LogP contribution in [0.5, 0.6) is 0 Å². The highest BCUT2D eigenvalue weighted by molar-refractivity contribution is 5.97. The van der Waals surface area contributed by atoms with Gasteiger partial charge in [-0.25, -0.2) is 4.98 Å². The first-order valence-electron chi connectivity index (χ1n) is 6.46. The van der Waals surface area contributed by atoms with Crippen molar-refractivity contribution in [2.75, 3.05) is 5.43 Å². The third kappa shape index (κ3) is 3.09. The van der Waals surface area contributed by atoms with E-state index in [9.17, 15) is 0 Å². The Morgan fingerprint density at radius 1 is 1.05 bits per heavy atom. The van der Waals surface area contributed by atoms with E-state index in [0.717, 1.165) is 22.6 Å². The summed E-state index contributed by atoms with van der Waals surface area (Å²) < 4.78 is 5.24. The summed E-state index contributed by atoms with van der Waals surface area (Å²) in [7, 11) is 0. The van der Waals surface area contributed by atoms with Crippen molar-refractivity contribution >= 4 is 11.5 Å². The zero-order valence-corrected chi connectivity index (χ0v) is 11.2. The average Bonchev–Trinajstić information content (AvgIpc) is 3.08. The van der Waals surface area contributed by atoms with Gasteiger partial charge in [-0.3, -0.25) is 5.43 Å². The monoisotopic (exact) mass is 278 g/mol. The Morgan fingerprint density at radius 2 is 1.81 bits per heavy atom. The molecule has 5 nitrogen and oxygen atoms in total. The van der Waals surface area contributed by atoms with Crippen LogP contribution in [0, 0.1) is 0 Å². The maximum Gasteiger partial charge on any atom is 0.181 e. The average molecular weight is 278 g/mol. The van der Waals surface area contributed by atoms with Gasteiger partial charge in [0, 0.05) is 11.1 Å². The van der Waals surface area contributed by atoms with Gasteiger partial charge in [-0.05, 0) is 24.3 Å². The summed E-state index contributed by atoms with van der Waals surface area (Å²) in [5.74, 6) is 1.17. The van der Waals surface area contributed by atoms with E-state index < -0.39 is 0 Å². The molecule has 0 saturated heterocycles. The van der Waals surface area contributed by atoms with Crippen LogP contribution in [-0.2, 0) is 0 Å². The number of anilines is 1. The van der Waals surface area contributed by atoms with Crippen LogP contribution >= 0.6 is 0 Å². The van der Waals surface area contributed by atoms with Crippen molar-refractivity contribution in [2.24, 2.45) is 10.8 Å². The van der Waals surface area contributed by atoms with Gasteiger partial charge in [0.25, 0.3) is 0 Å². The molecule has 1 heterocycles. The molecule has 0 unspecified atom stereocenters. The number of rotatable bonds is 4. The van der Waals surface area contributed by atoms with Gasteiger partial charge < -0.3 is 10.2 Å². The van der Waals surface area contributed by atoms with Gasteiger partial charge in [-0.1, -0.05) is 30.3 Å². The zero-order chi connectivity index (χ0) is 14.5. The van der Waals surface area contributed by atoms with Crippen molar-refractivity contribution in [1.29, 1.82) is 0 Å². The van der Waals surface area contributed by atoms with Gasteiger partial charge in [-0.15, -0.1) is 0 Å². The number of amidine groups is 1. The third-order valence-corrected chi connectivity index (χ3v) is 2.98. The highest BCUT2D eigenvalue weighted by Crippen LogP contribution is 2.20. The highest BCUT2D eigenvalue weighted by atomic mass is 16.3. The lowest BCUT2D eigenvalue weighted by Crippen LogP contribution is -2.15. The van der Waals surface area contributed by atoms with E-state index in [1.54, 1.807) is 6.20 Å². The molecule has 0 amide bonds. The predicted molar refractivity (Wildman–Crippen MR) is 82.7 cm³/mol. The van der Waals surface area contributed by atoms with E-state index >= 15 is 0 Å². The number of nitrogens with two attached hydrogens (primary N) is 1. The highest BCUT2D eigenvalue weighted by Gasteiger charge is 2.01. The van der Waals surface area contributed by atoms with Crippen LogP contribution < -0.4 is 11.2 Å². The number of hydrogen-bond donors (Lipinski definition) is 2. The first-order valence-corrected chi connectivity index (χ1v) is 6.46. The lowest BCUT2D eigenvalue weighted by molar-refractivity contribution is 0.572. The number of oxazole rings is 1. The molecule has 3 aromatic rings. The molecule has 0 fully saturated rings.